The number of benzene rings is 1. The first-order valence-corrected chi connectivity index (χ1v) is 9.54. The van der Waals surface area contributed by atoms with E-state index in [1.165, 1.54) is 23.1 Å². The molecule has 24 heavy (non-hydrogen) atoms. The highest BCUT2D eigenvalue weighted by Crippen LogP contribution is 2.26. The Labute approximate surface area is 153 Å². The molecule has 0 aliphatic carbocycles. The summed E-state index contributed by atoms with van der Waals surface area (Å²) in [6.07, 6.45) is 0. The van der Waals surface area contributed by atoms with E-state index in [1.54, 1.807) is 0 Å². The Morgan fingerprint density at radius 1 is 1.25 bits per heavy atom. The van der Waals surface area contributed by atoms with Crippen LogP contribution in [0.25, 0.3) is 5.69 Å². The smallest absolute Gasteiger partial charge is 0.174 e. The maximum absolute atomic E-state index is 12.6. The molecule has 0 radical (unpaired) electrons. The molecule has 2 aromatic heterocycles. The topological polar surface area (TPSA) is 47.8 Å². The van der Waals surface area contributed by atoms with Gasteiger partial charge in [-0.3, -0.25) is 4.79 Å². The first-order valence-electron chi connectivity index (χ1n) is 7.36. The number of ketones is 1. The standard InChI is InChI=1S/C17H16ClN3OS2/c1-10-7-15(16(22)9-23-17-20-19-12(3)24-17)11(2)21(10)14-6-4-5-13(18)8-14/h4-8H,9H2,1-3H3. The SMILES string of the molecule is Cc1nnc(SCC(=O)c2cc(C)n(-c3cccc(Cl)c3)c2C)s1. The van der Waals surface area contributed by atoms with Gasteiger partial charge in [-0.2, -0.15) is 0 Å². The van der Waals surface area contributed by atoms with Gasteiger partial charge in [0.1, 0.15) is 5.01 Å². The molecule has 0 aliphatic heterocycles. The average molecular weight is 378 g/mol. The summed E-state index contributed by atoms with van der Waals surface area (Å²) in [6.45, 7) is 5.86. The van der Waals surface area contributed by atoms with Crippen molar-refractivity contribution in [1.29, 1.82) is 0 Å². The number of carbonyl (C=O) groups is 1. The van der Waals surface area contributed by atoms with E-state index in [-0.39, 0.29) is 5.78 Å². The fourth-order valence-corrected chi connectivity index (χ4v) is 4.48. The molecule has 4 nitrogen and oxygen atoms in total. The molecular formula is C17H16ClN3OS2. The van der Waals surface area contributed by atoms with Gasteiger partial charge in [-0.25, -0.2) is 0 Å². The first kappa shape index (κ1) is 17.2. The molecule has 7 heteroatoms. The van der Waals surface area contributed by atoms with Crippen LogP contribution >= 0.6 is 34.7 Å². The van der Waals surface area contributed by atoms with Crippen LogP contribution in [0.2, 0.25) is 5.02 Å². The van der Waals surface area contributed by atoms with Crippen LogP contribution in [0.4, 0.5) is 0 Å². The van der Waals surface area contributed by atoms with Gasteiger partial charge in [0.15, 0.2) is 10.1 Å². The maximum Gasteiger partial charge on any atom is 0.174 e. The highest BCUT2D eigenvalue weighted by Gasteiger charge is 2.17. The van der Waals surface area contributed by atoms with Crippen molar-refractivity contribution >= 4 is 40.5 Å². The number of Topliss-reactive ketones (excluding diaryl/α,β-unsaturated/α-hetero) is 1. The number of rotatable bonds is 5. The van der Waals surface area contributed by atoms with Gasteiger partial charge in [0.2, 0.25) is 0 Å². The minimum absolute atomic E-state index is 0.0919. The molecule has 1 aromatic carbocycles. The second-order valence-electron chi connectivity index (χ2n) is 5.40. The third kappa shape index (κ3) is 3.55. The van der Waals surface area contributed by atoms with Crippen molar-refractivity contribution in [3.05, 3.63) is 57.3 Å². The second-order valence-corrected chi connectivity index (χ2v) is 8.24. The lowest BCUT2D eigenvalue weighted by atomic mass is 10.2. The molecule has 0 amide bonds. The summed E-state index contributed by atoms with van der Waals surface area (Å²) in [7, 11) is 0. The van der Waals surface area contributed by atoms with Crippen molar-refractivity contribution in [1.82, 2.24) is 14.8 Å². The summed E-state index contributed by atoms with van der Waals surface area (Å²) in [5, 5.41) is 9.60. The average Bonchev–Trinajstić information content (AvgIpc) is 3.08. The van der Waals surface area contributed by atoms with Crippen LogP contribution < -0.4 is 0 Å². The summed E-state index contributed by atoms with van der Waals surface area (Å²) < 4.78 is 2.88. The molecule has 3 aromatic rings. The Kier molecular flexibility index (Phi) is 5.08. The molecule has 0 aliphatic rings. The monoisotopic (exact) mass is 377 g/mol. The number of thioether (sulfide) groups is 1. The van der Waals surface area contributed by atoms with E-state index in [0.717, 1.165) is 32.0 Å². The van der Waals surface area contributed by atoms with Crippen molar-refractivity contribution < 1.29 is 4.79 Å². The Morgan fingerprint density at radius 3 is 2.71 bits per heavy atom. The number of halogens is 1. The Bertz CT molecular complexity index is 901. The van der Waals surface area contributed by atoms with E-state index in [4.69, 9.17) is 11.6 Å². The van der Waals surface area contributed by atoms with Crippen LogP contribution in [-0.4, -0.2) is 26.3 Å². The fourth-order valence-electron chi connectivity index (χ4n) is 2.60. The number of nitrogens with zero attached hydrogens (tertiary/aromatic N) is 3. The Hall–Kier alpha value is -1.63. The Morgan fingerprint density at radius 2 is 2.04 bits per heavy atom. The third-order valence-corrected chi connectivity index (χ3v) is 5.84. The minimum atomic E-state index is 0.0919. The van der Waals surface area contributed by atoms with Crippen molar-refractivity contribution in [2.45, 2.75) is 25.1 Å². The summed E-state index contributed by atoms with van der Waals surface area (Å²) in [6, 6.07) is 9.57. The molecule has 3 rings (SSSR count). The van der Waals surface area contributed by atoms with E-state index in [1.807, 2.05) is 51.1 Å². The summed E-state index contributed by atoms with van der Waals surface area (Å²) in [5.74, 6) is 0.448. The van der Waals surface area contributed by atoms with Gasteiger partial charge in [-0.1, -0.05) is 40.8 Å². The summed E-state index contributed by atoms with van der Waals surface area (Å²) in [4.78, 5) is 12.6. The van der Waals surface area contributed by atoms with Gasteiger partial charge < -0.3 is 4.57 Å². The van der Waals surface area contributed by atoms with Gasteiger partial charge in [-0.15, -0.1) is 10.2 Å². The molecule has 0 atom stereocenters. The molecule has 0 saturated carbocycles. The molecule has 0 fully saturated rings. The van der Waals surface area contributed by atoms with E-state index in [2.05, 4.69) is 14.8 Å². The summed E-state index contributed by atoms with van der Waals surface area (Å²) in [5.41, 5.74) is 3.63. The highest BCUT2D eigenvalue weighted by molar-refractivity contribution is 8.01. The zero-order valence-corrected chi connectivity index (χ0v) is 15.9. The zero-order valence-electron chi connectivity index (χ0n) is 13.5. The Balaban J connectivity index is 1.84. The van der Waals surface area contributed by atoms with E-state index in [9.17, 15) is 4.79 Å². The van der Waals surface area contributed by atoms with E-state index in [0.29, 0.717) is 10.8 Å². The normalized spacial score (nSPS) is 11.0. The van der Waals surface area contributed by atoms with Gasteiger partial charge in [-0.05, 0) is 45.0 Å². The van der Waals surface area contributed by atoms with Crippen LogP contribution in [-0.2, 0) is 0 Å². The molecule has 2 heterocycles. The first-order chi connectivity index (χ1) is 11.5. The molecule has 0 N–H and O–H groups in total. The van der Waals surface area contributed by atoms with Crippen LogP contribution in [0.15, 0.2) is 34.7 Å². The van der Waals surface area contributed by atoms with Crippen molar-refractivity contribution in [3.8, 4) is 5.69 Å². The number of aryl methyl sites for hydroxylation is 2. The number of hydrogen-bond donors (Lipinski definition) is 0. The fraction of sp³-hybridized carbons (Fsp3) is 0.235. The predicted octanol–water partition coefficient (Wildman–Crippen LogP) is 4.88. The quantitative estimate of drug-likeness (QED) is 0.469. The van der Waals surface area contributed by atoms with Crippen LogP contribution in [0.5, 0.6) is 0 Å². The lowest BCUT2D eigenvalue weighted by molar-refractivity contribution is 0.102. The van der Waals surface area contributed by atoms with Crippen molar-refractivity contribution in [2.75, 3.05) is 5.75 Å². The number of carbonyl (C=O) groups excluding carboxylic acids is 1. The second kappa shape index (κ2) is 7.09. The molecular weight excluding hydrogens is 362 g/mol. The van der Waals surface area contributed by atoms with Gasteiger partial charge in [0.25, 0.3) is 0 Å². The van der Waals surface area contributed by atoms with Crippen molar-refractivity contribution in [2.24, 2.45) is 0 Å². The maximum atomic E-state index is 12.6. The molecule has 0 spiro atoms. The van der Waals surface area contributed by atoms with Crippen LogP contribution in [0.1, 0.15) is 26.8 Å². The predicted molar refractivity (Wildman–Crippen MR) is 100.0 cm³/mol. The lowest BCUT2D eigenvalue weighted by Gasteiger charge is -2.10. The van der Waals surface area contributed by atoms with Gasteiger partial charge in [0.05, 0.1) is 5.75 Å². The number of hydrogen-bond acceptors (Lipinski definition) is 5. The minimum Gasteiger partial charge on any atom is -0.318 e. The van der Waals surface area contributed by atoms with Gasteiger partial charge >= 0.3 is 0 Å². The van der Waals surface area contributed by atoms with Gasteiger partial charge in [0, 0.05) is 27.7 Å². The van der Waals surface area contributed by atoms with Crippen LogP contribution in [0.3, 0.4) is 0 Å². The van der Waals surface area contributed by atoms with Crippen LogP contribution in [0, 0.1) is 20.8 Å². The zero-order chi connectivity index (χ0) is 17.3. The van der Waals surface area contributed by atoms with E-state index >= 15 is 0 Å². The molecule has 124 valence electrons. The third-order valence-electron chi connectivity index (χ3n) is 3.63. The van der Waals surface area contributed by atoms with E-state index < -0.39 is 0 Å². The molecule has 0 unspecified atom stereocenters. The molecule has 0 bridgehead atoms. The van der Waals surface area contributed by atoms with Crippen molar-refractivity contribution in [3.63, 3.8) is 0 Å². The number of aromatic nitrogens is 3. The largest absolute Gasteiger partial charge is 0.318 e. The molecule has 0 saturated heterocycles. The lowest BCUT2D eigenvalue weighted by Crippen LogP contribution is -2.05. The highest BCUT2D eigenvalue weighted by atomic mass is 35.5. The summed E-state index contributed by atoms with van der Waals surface area (Å²) >= 11 is 9.03.